The first-order valence-corrected chi connectivity index (χ1v) is 9.71. The highest BCUT2D eigenvalue weighted by Crippen LogP contribution is 2.47. The zero-order valence-corrected chi connectivity index (χ0v) is 15.0. The molecule has 1 aromatic carbocycles. The van der Waals surface area contributed by atoms with E-state index in [2.05, 4.69) is 44.3 Å². The van der Waals surface area contributed by atoms with Crippen LogP contribution >= 0.6 is 0 Å². The molecule has 1 saturated carbocycles. The molecule has 0 unspecified atom stereocenters. The third kappa shape index (κ3) is 2.47. The maximum atomic E-state index is 13.3. The summed E-state index contributed by atoms with van der Waals surface area (Å²) in [7, 11) is 0. The molecule has 1 aromatic heterocycles. The molecule has 3 heterocycles. The molecule has 1 aliphatic carbocycles. The molecular formula is C20H25N5O. The van der Waals surface area contributed by atoms with Gasteiger partial charge in [-0.05, 0) is 30.9 Å². The SMILES string of the molecule is O=C(N1CCn2c(Cc3ccccc3)nnc2C1)[C@@]12CCC[C@@H]1CNC2. The van der Waals surface area contributed by atoms with Crippen molar-refractivity contribution in [3.8, 4) is 0 Å². The van der Waals surface area contributed by atoms with Crippen LogP contribution in [0.2, 0.25) is 0 Å². The quantitative estimate of drug-likeness (QED) is 0.912. The summed E-state index contributed by atoms with van der Waals surface area (Å²) in [5, 5.41) is 12.3. The van der Waals surface area contributed by atoms with E-state index in [1.54, 1.807) is 0 Å². The van der Waals surface area contributed by atoms with Gasteiger partial charge in [-0.15, -0.1) is 10.2 Å². The number of amides is 1. The van der Waals surface area contributed by atoms with Crippen LogP contribution < -0.4 is 5.32 Å². The first-order valence-electron chi connectivity index (χ1n) is 9.71. The van der Waals surface area contributed by atoms with Crippen LogP contribution in [0.4, 0.5) is 0 Å². The predicted molar refractivity (Wildman–Crippen MR) is 97.3 cm³/mol. The van der Waals surface area contributed by atoms with Crippen molar-refractivity contribution >= 4 is 5.91 Å². The Morgan fingerprint density at radius 1 is 1.23 bits per heavy atom. The first-order chi connectivity index (χ1) is 12.8. The minimum Gasteiger partial charge on any atom is -0.333 e. The van der Waals surface area contributed by atoms with Crippen molar-refractivity contribution in [3.05, 3.63) is 47.5 Å². The highest BCUT2D eigenvalue weighted by molar-refractivity contribution is 5.84. The fourth-order valence-electron chi connectivity index (χ4n) is 5.12. The van der Waals surface area contributed by atoms with Gasteiger partial charge in [0.05, 0.1) is 12.0 Å². The van der Waals surface area contributed by atoms with Crippen molar-refractivity contribution in [2.75, 3.05) is 19.6 Å². The van der Waals surface area contributed by atoms with E-state index >= 15 is 0 Å². The summed E-state index contributed by atoms with van der Waals surface area (Å²) in [6, 6.07) is 10.4. The van der Waals surface area contributed by atoms with Crippen LogP contribution in [0.3, 0.4) is 0 Å². The van der Waals surface area contributed by atoms with Crippen LogP contribution in [0.15, 0.2) is 30.3 Å². The lowest BCUT2D eigenvalue weighted by atomic mass is 9.79. The summed E-state index contributed by atoms with van der Waals surface area (Å²) in [6.07, 6.45) is 4.19. The van der Waals surface area contributed by atoms with Crippen LogP contribution in [0.5, 0.6) is 0 Å². The molecule has 136 valence electrons. The van der Waals surface area contributed by atoms with Gasteiger partial charge in [0.1, 0.15) is 5.82 Å². The monoisotopic (exact) mass is 351 g/mol. The van der Waals surface area contributed by atoms with Crippen molar-refractivity contribution < 1.29 is 4.79 Å². The van der Waals surface area contributed by atoms with Gasteiger partial charge < -0.3 is 14.8 Å². The molecule has 2 aliphatic heterocycles. The summed E-state index contributed by atoms with van der Waals surface area (Å²) < 4.78 is 2.20. The van der Waals surface area contributed by atoms with Gasteiger partial charge in [-0.1, -0.05) is 36.8 Å². The molecule has 26 heavy (non-hydrogen) atoms. The Morgan fingerprint density at radius 3 is 3.00 bits per heavy atom. The number of fused-ring (bicyclic) bond motifs is 2. The summed E-state index contributed by atoms with van der Waals surface area (Å²) in [4.78, 5) is 15.4. The van der Waals surface area contributed by atoms with Crippen molar-refractivity contribution in [2.45, 2.75) is 38.8 Å². The van der Waals surface area contributed by atoms with Gasteiger partial charge in [0.25, 0.3) is 0 Å². The number of aromatic nitrogens is 3. The van der Waals surface area contributed by atoms with E-state index in [1.807, 2.05) is 11.0 Å². The second kappa shape index (κ2) is 6.20. The zero-order valence-electron chi connectivity index (χ0n) is 15.0. The fraction of sp³-hybridized carbons (Fsp3) is 0.550. The smallest absolute Gasteiger partial charge is 0.230 e. The number of carbonyl (C=O) groups is 1. The van der Waals surface area contributed by atoms with Gasteiger partial charge >= 0.3 is 0 Å². The van der Waals surface area contributed by atoms with E-state index in [1.165, 1.54) is 18.4 Å². The Labute approximate surface area is 153 Å². The third-order valence-electron chi connectivity index (χ3n) is 6.54. The van der Waals surface area contributed by atoms with Crippen molar-refractivity contribution in [1.82, 2.24) is 25.0 Å². The Kier molecular flexibility index (Phi) is 3.81. The summed E-state index contributed by atoms with van der Waals surface area (Å²) in [6.45, 7) is 4.00. The molecule has 1 saturated heterocycles. The lowest BCUT2D eigenvalue weighted by molar-refractivity contribution is -0.144. The average molecular weight is 351 g/mol. The highest BCUT2D eigenvalue weighted by atomic mass is 16.2. The Bertz CT molecular complexity index is 805. The average Bonchev–Trinajstić information content (AvgIpc) is 3.36. The predicted octanol–water partition coefficient (Wildman–Crippen LogP) is 1.60. The fourth-order valence-corrected chi connectivity index (χ4v) is 5.12. The number of hydrogen-bond acceptors (Lipinski definition) is 4. The Balaban J connectivity index is 1.34. The number of nitrogens with zero attached hydrogens (tertiary/aromatic N) is 4. The van der Waals surface area contributed by atoms with Gasteiger partial charge in [-0.2, -0.15) is 0 Å². The summed E-state index contributed by atoms with van der Waals surface area (Å²) in [5.41, 5.74) is 1.08. The van der Waals surface area contributed by atoms with Gasteiger partial charge in [0, 0.05) is 26.1 Å². The molecule has 3 aliphatic rings. The number of carbonyl (C=O) groups excluding carboxylic acids is 1. The van der Waals surface area contributed by atoms with Crippen molar-refractivity contribution in [3.63, 3.8) is 0 Å². The minimum atomic E-state index is -0.158. The van der Waals surface area contributed by atoms with Crippen LogP contribution in [0.25, 0.3) is 0 Å². The molecule has 2 atom stereocenters. The topological polar surface area (TPSA) is 63.1 Å². The van der Waals surface area contributed by atoms with Crippen LogP contribution in [-0.2, 0) is 24.3 Å². The molecule has 0 radical (unpaired) electrons. The van der Waals surface area contributed by atoms with E-state index in [0.717, 1.165) is 50.7 Å². The van der Waals surface area contributed by atoms with Crippen LogP contribution in [-0.4, -0.2) is 45.2 Å². The van der Waals surface area contributed by atoms with E-state index in [4.69, 9.17) is 0 Å². The zero-order chi connectivity index (χ0) is 17.6. The van der Waals surface area contributed by atoms with E-state index in [9.17, 15) is 4.79 Å². The first kappa shape index (κ1) is 16.0. The number of benzene rings is 1. The molecule has 2 aromatic rings. The molecule has 2 fully saturated rings. The molecule has 6 nitrogen and oxygen atoms in total. The third-order valence-corrected chi connectivity index (χ3v) is 6.54. The maximum Gasteiger partial charge on any atom is 0.230 e. The number of nitrogens with one attached hydrogen (secondary N) is 1. The van der Waals surface area contributed by atoms with Gasteiger partial charge in [-0.25, -0.2) is 0 Å². The molecule has 0 bridgehead atoms. The van der Waals surface area contributed by atoms with Crippen LogP contribution in [0, 0.1) is 11.3 Å². The van der Waals surface area contributed by atoms with Gasteiger partial charge in [0.15, 0.2) is 5.82 Å². The second-order valence-corrected chi connectivity index (χ2v) is 7.95. The lowest BCUT2D eigenvalue weighted by Gasteiger charge is -2.36. The molecule has 1 N–H and O–H groups in total. The molecule has 5 rings (SSSR count). The summed E-state index contributed by atoms with van der Waals surface area (Å²) >= 11 is 0. The Hall–Kier alpha value is -2.21. The van der Waals surface area contributed by atoms with Gasteiger partial charge in [-0.3, -0.25) is 4.79 Å². The van der Waals surface area contributed by atoms with Crippen molar-refractivity contribution in [1.29, 1.82) is 0 Å². The number of rotatable bonds is 3. The molecule has 6 heteroatoms. The largest absolute Gasteiger partial charge is 0.333 e. The van der Waals surface area contributed by atoms with Gasteiger partial charge in [0.2, 0.25) is 5.91 Å². The summed E-state index contributed by atoms with van der Waals surface area (Å²) in [5.74, 6) is 2.78. The van der Waals surface area contributed by atoms with E-state index in [-0.39, 0.29) is 5.41 Å². The maximum absolute atomic E-state index is 13.3. The standard InChI is InChI=1S/C20H25N5O/c26-19(20-8-4-7-16(20)12-21-14-20)24-9-10-25-17(22-23-18(25)13-24)11-15-5-2-1-3-6-15/h1-3,5-6,16,21H,4,7-14H2/t16-,20-/m1/s1. The van der Waals surface area contributed by atoms with E-state index < -0.39 is 0 Å². The number of hydrogen-bond donors (Lipinski definition) is 1. The Morgan fingerprint density at radius 2 is 2.12 bits per heavy atom. The minimum absolute atomic E-state index is 0.158. The molecule has 0 spiro atoms. The highest BCUT2D eigenvalue weighted by Gasteiger charge is 2.53. The molecular weight excluding hydrogens is 326 g/mol. The second-order valence-electron chi connectivity index (χ2n) is 7.95. The van der Waals surface area contributed by atoms with Crippen LogP contribution in [0.1, 0.15) is 36.5 Å². The lowest BCUT2D eigenvalue weighted by Crippen LogP contribution is -2.49. The van der Waals surface area contributed by atoms with E-state index in [0.29, 0.717) is 18.4 Å². The molecule has 1 amide bonds. The normalized spacial score (nSPS) is 27.4. The van der Waals surface area contributed by atoms with Crippen molar-refractivity contribution in [2.24, 2.45) is 11.3 Å².